The zero-order valence-electron chi connectivity index (χ0n) is 18.7. The predicted octanol–water partition coefficient (Wildman–Crippen LogP) is 5.26. The highest BCUT2D eigenvalue weighted by molar-refractivity contribution is 7.09. The number of rotatable bonds is 7. The first-order chi connectivity index (χ1) is 14.0. The highest BCUT2D eigenvalue weighted by Gasteiger charge is 2.19. The first-order valence-corrected chi connectivity index (χ1v) is 11.3. The zero-order chi connectivity index (χ0) is 20.8. The van der Waals surface area contributed by atoms with E-state index >= 15 is 0 Å². The van der Waals surface area contributed by atoms with E-state index in [9.17, 15) is 4.79 Å². The van der Waals surface area contributed by atoms with E-state index < -0.39 is 0 Å². The molecule has 1 N–H and O–H groups in total. The molecule has 2 heterocycles. The third-order valence-corrected chi connectivity index (χ3v) is 6.27. The molecule has 31 heavy (non-hydrogen) atoms. The Hall–Kier alpha value is -1.70. The van der Waals surface area contributed by atoms with E-state index in [1.54, 1.807) is 0 Å². The lowest BCUT2D eigenvalue weighted by atomic mass is 9.95. The highest BCUT2D eigenvalue weighted by atomic mass is 35.5. The number of halogens is 2. The van der Waals surface area contributed by atoms with Crippen LogP contribution in [0.1, 0.15) is 71.5 Å². The summed E-state index contributed by atoms with van der Waals surface area (Å²) in [4.78, 5) is 28.4. The van der Waals surface area contributed by atoms with Gasteiger partial charge in [0.25, 0.3) is 5.91 Å². The van der Waals surface area contributed by atoms with Crippen LogP contribution in [-0.4, -0.2) is 46.7 Å². The van der Waals surface area contributed by atoms with Gasteiger partial charge in [-0.3, -0.25) is 9.78 Å². The number of aromatic nitrogens is 2. The van der Waals surface area contributed by atoms with Crippen LogP contribution in [-0.2, 0) is 6.42 Å². The lowest BCUT2D eigenvalue weighted by Gasteiger charge is -2.22. The van der Waals surface area contributed by atoms with Gasteiger partial charge >= 0.3 is 0 Å². The van der Waals surface area contributed by atoms with E-state index in [4.69, 9.17) is 4.98 Å². The Bertz CT molecular complexity index is 881. The number of nitrogens with one attached hydrogen (secondary N) is 1. The van der Waals surface area contributed by atoms with E-state index in [0.29, 0.717) is 18.2 Å². The molecule has 0 aliphatic heterocycles. The molecule has 0 bridgehead atoms. The van der Waals surface area contributed by atoms with Gasteiger partial charge in [-0.1, -0.05) is 19.3 Å². The van der Waals surface area contributed by atoms with Gasteiger partial charge in [-0.2, -0.15) is 0 Å². The Morgan fingerprint density at radius 2 is 1.97 bits per heavy atom. The lowest BCUT2D eigenvalue weighted by Crippen LogP contribution is -2.36. The smallest absolute Gasteiger partial charge is 0.270 e. The number of aryl methyl sites for hydroxylation is 2. The highest BCUT2D eigenvalue weighted by Crippen LogP contribution is 2.23. The van der Waals surface area contributed by atoms with Crippen molar-refractivity contribution in [1.29, 1.82) is 0 Å². The molecular weight excluding hydrogens is 453 g/mol. The summed E-state index contributed by atoms with van der Waals surface area (Å²) in [6, 6.07) is 2.37. The number of pyridine rings is 1. The molecule has 0 radical (unpaired) electrons. The third-order valence-electron chi connectivity index (χ3n) is 5.42. The average molecular weight is 487 g/mol. The van der Waals surface area contributed by atoms with Crippen molar-refractivity contribution in [3.8, 4) is 0 Å². The number of carbonyl (C=O) groups is 1. The minimum Gasteiger partial charge on any atom is -0.366 e. The van der Waals surface area contributed by atoms with Crippen LogP contribution in [0.25, 0.3) is 0 Å². The summed E-state index contributed by atoms with van der Waals surface area (Å²) in [6.07, 6.45) is 8.30. The molecule has 0 saturated heterocycles. The third kappa shape index (κ3) is 7.74. The van der Waals surface area contributed by atoms with Crippen molar-refractivity contribution in [2.45, 2.75) is 65.3 Å². The molecule has 2 aromatic heterocycles. The second-order valence-corrected chi connectivity index (χ2v) is 8.73. The SMILES string of the molecule is CCN(C)C=Nc1cc(C)c(Cc2nc(C(=O)NC3CCCCC3)cs2)nc1C.Cl.Cl. The maximum Gasteiger partial charge on any atom is 0.270 e. The van der Waals surface area contributed by atoms with Gasteiger partial charge in [0.2, 0.25) is 0 Å². The van der Waals surface area contributed by atoms with E-state index in [2.05, 4.69) is 35.2 Å². The minimum atomic E-state index is -0.0509. The Balaban J connectivity index is 0.00000240. The second-order valence-electron chi connectivity index (χ2n) is 7.79. The van der Waals surface area contributed by atoms with E-state index in [-0.39, 0.29) is 30.7 Å². The monoisotopic (exact) mass is 485 g/mol. The molecule has 0 atom stereocenters. The van der Waals surface area contributed by atoms with Crippen molar-refractivity contribution in [2.24, 2.45) is 4.99 Å². The zero-order valence-corrected chi connectivity index (χ0v) is 21.1. The van der Waals surface area contributed by atoms with Crippen LogP contribution in [0.5, 0.6) is 0 Å². The summed E-state index contributed by atoms with van der Waals surface area (Å²) in [5.41, 5.74) is 4.38. The van der Waals surface area contributed by atoms with Crippen LogP contribution in [0.3, 0.4) is 0 Å². The molecular formula is C22H33Cl2N5OS. The molecule has 1 aliphatic carbocycles. The summed E-state index contributed by atoms with van der Waals surface area (Å²) >= 11 is 1.52. The molecule has 0 aromatic carbocycles. The number of nitrogens with zero attached hydrogens (tertiary/aromatic N) is 4. The van der Waals surface area contributed by atoms with Crippen molar-refractivity contribution in [3.63, 3.8) is 0 Å². The number of hydrogen-bond donors (Lipinski definition) is 1. The van der Waals surface area contributed by atoms with Gasteiger partial charge in [0.05, 0.1) is 28.4 Å². The fourth-order valence-electron chi connectivity index (χ4n) is 3.44. The molecule has 0 unspecified atom stereocenters. The first kappa shape index (κ1) is 27.3. The normalized spacial score (nSPS) is 14.1. The molecule has 172 valence electrons. The van der Waals surface area contributed by atoms with Crippen LogP contribution >= 0.6 is 36.2 Å². The predicted molar refractivity (Wildman–Crippen MR) is 134 cm³/mol. The van der Waals surface area contributed by atoms with Gasteiger partial charge < -0.3 is 10.2 Å². The number of aliphatic imine (C=N–C) groups is 1. The molecule has 3 rings (SSSR count). The lowest BCUT2D eigenvalue weighted by molar-refractivity contribution is 0.0923. The van der Waals surface area contributed by atoms with Crippen molar-refractivity contribution in [1.82, 2.24) is 20.2 Å². The number of carbonyl (C=O) groups excluding carboxylic acids is 1. The van der Waals surface area contributed by atoms with Crippen molar-refractivity contribution >= 4 is 54.1 Å². The minimum absolute atomic E-state index is 0. The largest absolute Gasteiger partial charge is 0.366 e. The van der Waals surface area contributed by atoms with Crippen LogP contribution in [0.15, 0.2) is 16.4 Å². The fourth-order valence-corrected chi connectivity index (χ4v) is 4.22. The molecule has 0 spiro atoms. The van der Waals surface area contributed by atoms with E-state index in [0.717, 1.165) is 47.0 Å². The Morgan fingerprint density at radius 3 is 2.65 bits per heavy atom. The quantitative estimate of drug-likeness (QED) is 0.428. The molecule has 9 heteroatoms. The number of thiazole rings is 1. The topological polar surface area (TPSA) is 70.5 Å². The van der Waals surface area contributed by atoms with Crippen molar-refractivity contribution in [3.05, 3.63) is 39.1 Å². The molecule has 2 aromatic rings. The molecule has 1 amide bonds. The molecule has 1 saturated carbocycles. The van der Waals surface area contributed by atoms with Gasteiger partial charge in [0, 0.05) is 31.4 Å². The van der Waals surface area contributed by atoms with Gasteiger partial charge in [-0.15, -0.1) is 36.2 Å². The van der Waals surface area contributed by atoms with E-state index in [1.807, 2.05) is 30.6 Å². The maximum atomic E-state index is 12.5. The van der Waals surface area contributed by atoms with Gasteiger partial charge in [0.15, 0.2) is 0 Å². The van der Waals surface area contributed by atoms with Crippen molar-refractivity contribution in [2.75, 3.05) is 13.6 Å². The van der Waals surface area contributed by atoms with Crippen LogP contribution < -0.4 is 5.32 Å². The molecule has 1 fully saturated rings. The fraction of sp³-hybridized carbons (Fsp3) is 0.545. The second kappa shape index (κ2) is 13.0. The van der Waals surface area contributed by atoms with Gasteiger partial charge in [-0.05, 0) is 45.2 Å². The summed E-state index contributed by atoms with van der Waals surface area (Å²) in [7, 11) is 2.00. The van der Waals surface area contributed by atoms with Crippen LogP contribution in [0.4, 0.5) is 5.69 Å². The Morgan fingerprint density at radius 1 is 1.26 bits per heavy atom. The summed E-state index contributed by atoms with van der Waals surface area (Å²) in [5, 5.41) is 5.91. The Labute approximate surface area is 201 Å². The summed E-state index contributed by atoms with van der Waals surface area (Å²) in [6.45, 7) is 7.03. The molecule has 6 nitrogen and oxygen atoms in total. The molecule has 1 aliphatic rings. The van der Waals surface area contributed by atoms with Crippen LogP contribution in [0, 0.1) is 13.8 Å². The van der Waals surface area contributed by atoms with Crippen molar-refractivity contribution < 1.29 is 4.79 Å². The number of amides is 1. The summed E-state index contributed by atoms with van der Waals surface area (Å²) in [5.74, 6) is -0.0509. The van der Waals surface area contributed by atoms with Crippen LogP contribution in [0.2, 0.25) is 0 Å². The first-order valence-electron chi connectivity index (χ1n) is 10.4. The maximum absolute atomic E-state index is 12.5. The van der Waals surface area contributed by atoms with Gasteiger partial charge in [-0.25, -0.2) is 9.98 Å². The van der Waals surface area contributed by atoms with Gasteiger partial charge in [0.1, 0.15) is 5.69 Å². The Kier molecular flexibility index (Phi) is 11.5. The summed E-state index contributed by atoms with van der Waals surface area (Å²) < 4.78 is 0. The van der Waals surface area contributed by atoms with E-state index in [1.165, 1.54) is 30.6 Å². The number of hydrogen-bond acceptors (Lipinski definition) is 5. The average Bonchev–Trinajstić information content (AvgIpc) is 3.18. The standard InChI is InChI=1S/C22H31N5OS.2ClH/c1-5-27(4)14-23-19-11-15(2)18(24-16(19)3)12-21-26-20(13-29-21)22(28)25-17-9-7-6-8-10-17;;/h11,13-14,17H,5-10,12H2,1-4H3,(H,25,28);2*1H.